The van der Waals surface area contributed by atoms with E-state index in [1.165, 1.54) is 0 Å². The number of nitrogens with zero attached hydrogens (tertiary/aromatic N) is 1. The van der Waals surface area contributed by atoms with Crippen molar-refractivity contribution < 1.29 is 14.7 Å². The highest BCUT2D eigenvalue weighted by molar-refractivity contribution is 6.00. The largest absolute Gasteiger partial charge is 0.390 e. The molecule has 2 atom stereocenters. The Morgan fingerprint density at radius 2 is 1.88 bits per heavy atom. The lowest BCUT2D eigenvalue weighted by molar-refractivity contribution is -0.117. The summed E-state index contributed by atoms with van der Waals surface area (Å²) in [6.45, 7) is 9.82. The van der Waals surface area contributed by atoms with Gasteiger partial charge >= 0.3 is 0 Å². The Balaban J connectivity index is 1.84. The van der Waals surface area contributed by atoms with E-state index in [4.69, 9.17) is 0 Å². The van der Waals surface area contributed by atoms with Crippen molar-refractivity contribution >= 4 is 23.2 Å². The van der Waals surface area contributed by atoms with Crippen LogP contribution in [0.4, 0.5) is 11.4 Å². The molecule has 1 saturated heterocycles. The van der Waals surface area contributed by atoms with Crippen LogP contribution in [-0.4, -0.2) is 54.2 Å². The van der Waals surface area contributed by atoms with Crippen molar-refractivity contribution in [3.63, 3.8) is 0 Å². The zero-order chi connectivity index (χ0) is 24.7. The Morgan fingerprint density at radius 1 is 1.15 bits per heavy atom. The Hall–Kier alpha value is -2.90. The first-order chi connectivity index (χ1) is 16.2. The van der Waals surface area contributed by atoms with Gasteiger partial charge in [-0.15, -0.1) is 0 Å². The minimum absolute atomic E-state index is 0.0747. The maximum absolute atomic E-state index is 13.4. The Bertz CT molecular complexity index is 972. The monoisotopic (exact) mass is 466 g/mol. The zero-order valence-corrected chi connectivity index (χ0v) is 20.7. The van der Waals surface area contributed by atoms with E-state index in [1.54, 1.807) is 17.0 Å². The van der Waals surface area contributed by atoms with Crippen LogP contribution in [0.15, 0.2) is 48.5 Å². The minimum Gasteiger partial charge on any atom is -0.390 e. The van der Waals surface area contributed by atoms with Gasteiger partial charge in [0.05, 0.1) is 12.1 Å². The second-order valence-electron chi connectivity index (χ2n) is 9.92. The van der Waals surface area contributed by atoms with Crippen LogP contribution in [0.1, 0.15) is 56.5 Å². The van der Waals surface area contributed by atoms with E-state index in [0.717, 1.165) is 23.4 Å². The molecule has 0 bridgehead atoms. The lowest BCUT2D eigenvalue weighted by Gasteiger charge is -2.28. The van der Waals surface area contributed by atoms with Gasteiger partial charge in [-0.05, 0) is 64.3 Å². The fraction of sp³-hybridized carbons (Fsp3) is 0.481. The van der Waals surface area contributed by atoms with Crippen LogP contribution in [0.5, 0.6) is 0 Å². The average molecular weight is 467 g/mol. The third kappa shape index (κ3) is 7.30. The predicted molar refractivity (Wildman–Crippen MR) is 137 cm³/mol. The maximum atomic E-state index is 13.4. The number of nitrogens with one attached hydrogen (secondary N) is 3. The van der Waals surface area contributed by atoms with Crippen molar-refractivity contribution in [2.45, 2.75) is 64.6 Å². The first-order valence-electron chi connectivity index (χ1n) is 12.1. The van der Waals surface area contributed by atoms with E-state index in [0.29, 0.717) is 38.0 Å². The zero-order valence-electron chi connectivity index (χ0n) is 20.7. The molecule has 1 heterocycles. The molecule has 0 spiro atoms. The molecule has 0 saturated carbocycles. The Labute approximate surface area is 202 Å². The molecule has 1 aliphatic rings. The van der Waals surface area contributed by atoms with Crippen LogP contribution < -0.4 is 20.9 Å². The molecule has 0 aromatic heterocycles. The van der Waals surface area contributed by atoms with Gasteiger partial charge in [-0.1, -0.05) is 30.3 Å². The molecule has 1 fully saturated rings. The molecule has 7 nitrogen and oxygen atoms in total. The van der Waals surface area contributed by atoms with E-state index in [-0.39, 0.29) is 17.4 Å². The second kappa shape index (κ2) is 11.5. The highest BCUT2D eigenvalue weighted by Crippen LogP contribution is 2.27. The predicted octanol–water partition coefficient (Wildman–Crippen LogP) is 3.34. The molecular formula is C27H38N4O3. The van der Waals surface area contributed by atoms with Gasteiger partial charge in [0.15, 0.2) is 0 Å². The number of anilines is 2. The van der Waals surface area contributed by atoms with Crippen LogP contribution in [0.25, 0.3) is 0 Å². The average Bonchev–Trinajstić information content (AvgIpc) is 3.23. The number of β-amino-alcohol motifs (C(OH)–C–C–N with tert-alkyl or cyclic N) is 1. The Kier molecular flexibility index (Phi) is 8.69. The van der Waals surface area contributed by atoms with Crippen molar-refractivity contribution in [2.24, 2.45) is 0 Å². The number of rotatable bonds is 10. The molecule has 1 aliphatic heterocycles. The second-order valence-corrected chi connectivity index (χ2v) is 9.92. The number of carbonyl (C=O) groups is 2. The summed E-state index contributed by atoms with van der Waals surface area (Å²) < 4.78 is 0. The number of benzene rings is 2. The molecule has 2 unspecified atom stereocenters. The molecule has 0 radical (unpaired) electrons. The fourth-order valence-corrected chi connectivity index (χ4v) is 4.08. The van der Waals surface area contributed by atoms with Crippen molar-refractivity contribution in [3.8, 4) is 0 Å². The topological polar surface area (TPSA) is 93.7 Å². The summed E-state index contributed by atoms with van der Waals surface area (Å²) in [5, 5.41) is 20.6. The summed E-state index contributed by atoms with van der Waals surface area (Å²) in [5.74, 6) is -0.200. The lowest BCUT2D eigenvalue weighted by atomic mass is 9.99. The summed E-state index contributed by atoms with van der Waals surface area (Å²) >= 11 is 0. The van der Waals surface area contributed by atoms with Gasteiger partial charge in [-0.25, -0.2) is 0 Å². The van der Waals surface area contributed by atoms with Gasteiger partial charge in [0.2, 0.25) is 5.91 Å². The molecular weight excluding hydrogens is 428 g/mol. The minimum atomic E-state index is -0.778. The smallest absolute Gasteiger partial charge is 0.251 e. The van der Waals surface area contributed by atoms with Crippen molar-refractivity contribution in [2.75, 3.05) is 29.9 Å². The first kappa shape index (κ1) is 25.7. The summed E-state index contributed by atoms with van der Waals surface area (Å²) in [5.41, 5.74) is 2.86. The summed E-state index contributed by atoms with van der Waals surface area (Å²) in [6.07, 6.45) is 1.07. The third-order valence-electron chi connectivity index (χ3n) is 5.87. The number of amides is 2. The van der Waals surface area contributed by atoms with E-state index in [1.807, 2.05) is 64.1 Å². The molecule has 2 amide bonds. The molecule has 0 aliphatic carbocycles. The van der Waals surface area contributed by atoms with Crippen LogP contribution >= 0.6 is 0 Å². The van der Waals surface area contributed by atoms with Crippen LogP contribution in [0, 0.1) is 0 Å². The number of aliphatic hydroxyl groups excluding tert-OH is 1. The quantitative estimate of drug-likeness (QED) is 0.431. The summed E-state index contributed by atoms with van der Waals surface area (Å²) in [6, 6.07) is 14.8. The number of hydrogen-bond donors (Lipinski definition) is 4. The highest BCUT2D eigenvalue weighted by atomic mass is 16.3. The number of aliphatic hydroxyl groups is 1. The van der Waals surface area contributed by atoms with Gasteiger partial charge < -0.3 is 26.0 Å². The van der Waals surface area contributed by atoms with E-state index < -0.39 is 12.1 Å². The standard InChI is InChI=1S/C27H38N4O3/c1-5-28-21-15-20(16-22(17-21)31-13-9-12-25(31)33)26(34)30-23(14-19-10-7-6-8-11-19)24(32)18-29-27(2,3)4/h6-8,10-11,15-17,23-24,28-29,32H,5,9,12-14,18H2,1-4H3,(H,30,34). The van der Waals surface area contributed by atoms with Gasteiger partial charge in [0, 0.05) is 48.5 Å². The summed E-state index contributed by atoms with van der Waals surface area (Å²) in [4.78, 5) is 27.4. The van der Waals surface area contributed by atoms with E-state index >= 15 is 0 Å². The number of carbonyl (C=O) groups excluding carboxylic acids is 2. The van der Waals surface area contributed by atoms with Gasteiger partial charge in [0.1, 0.15) is 0 Å². The molecule has 2 aromatic rings. The SMILES string of the molecule is CCNc1cc(C(=O)NC(Cc2ccccc2)C(O)CNC(C)(C)C)cc(N2CCCC2=O)c1. The lowest BCUT2D eigenvalue weighted by Crippen LogP contribution is -2.51. The van der Waals surface area contributed by atoms with Crippen molar-refractivity contribution in [1.29, 1.82) is 0 Å². The normalized spacial score (nSPS) is 15.8. The molecule has 34 heavy (non-hydrogen) atoms. The maximum Gasteiger partial charge on any atom is 0.251 e. The molecule has 3 rings (SSSR count). The van der Waals surface area contributed by atoms with E-state index in [9.17, 15) is 14.7 Å². The molecule has 2 aromatic carbocycles. The van der Waals surface area contributed by atoms with E-state index in [2.05, 4.69) is 16.0 Å². The van der Waals surface area contributed by atoms with Crippen LogP contribution in [-0.2, 0) is 11.2 Å². The van der Waals surface area contributed by atoms with Crippen molar-refractivity contribution in [1.82, 2.24) is 10.6 Å². The Morgan fingerprint density at radius 3 is 2.50 bits per heavy atom. The number of hydrogen-bond acceptors (Lipinski definition) is 5. The molecule has 184 valence electrons. The fourth-order valence-electron chi connectivity index (χ4n) is 4.08. The highest BCUT2D eigenvalue weighted by Gasteiger charge is 2.26. The van der Waals surface area contributed by atoms with Gasteiger partial charge in [-0.2, -0.15) is 0 Å². The van der Waals surface area contributed by atoms with Crippen LogP contribution in [0.2, 0.25) is 0 Å². The molecule has 7 heteroatoms. The third-order valence-corrected chi connectivity index (χ3v) is 5.87. The van der Waals surface area contributed by atoms with Crippen LogP contribution in [0.3, 0.4) is 0 Å². The van der Waals surface area contributed by atoms with Gasteiger partial charge in [0.25, 0.3) is 5.91 Å². The van der Waals surface area contributed by atoms with Gasteiger partial charge in [-0.3, -0.25) is 9.59 Å². The first-order valence-corrected chi connectivity index (χ1v) is 12.1. The summed E-state index contributed by atoms with van der Waals surface area (Å²) in [7, 11) is 0. The van der Waals surface area contributed by atoms with Crippen molar-refractivity contribution in [3.05, 3.63) is 59.7 Å². The molecule has 4 N–H and O–H groups in total.